The van der Waals surface area contributed by atoms with Crippen molar-refractivity contribution >= 4 is 22.6 Å². The molecule has 2 aromatic carbocycles. The minimum atomic E-state index is -0.372. The van der Waals surface area contributed by atoms with Crippen molar-refractivity contribution < 1.29 is 4.79 Å². The van der Waals surface area contributed by atoms with Crippen molar-refractivity contribution in [3.63, 3.8) is 0 Å². The molecule has 1 heterocycles. The average molecular weight is 309 g/mol. The van der Waals surface area contributed by atoms with Crippen LogP contribution in [0.4, 0.5) is 5.69 Å². The summed E-state index contributed by atoms with van der Waals surface area (Å²) in [5.41, 5.74) is 8.78. The van der Waals surface area contributed by atoms with E-state index in [1.165, 1.54) is 9.13 Å². The molecule has 0 amide bonds. The second kappa shape index (κ2) is 5.43. The third kappa shape index (κ3) is 2.44. The molecule has 3 rings (SSSR count). The number of hydrogen-bond donors (Lipinski definition) is 1. The zero-order chi connectivity index (χ0) is 16.7. The van der Waals surface area contributed by atoms with Crippen LogP contribution in [0, 0.1) is 0 Å². The fourth-order valence-electron chi connectivity index (χ4n) is 2.70. The maximum atomic E-state index is 12.8. The van der Waals surface area contributed by atoms with Gasteiger partial charge < -0.3 is 5.73 Å². The van der Waals surface area contributed by atoms with Gasteiger partial charge in [0, 0.05) is 18.3 Å². The van der Waals surface area contributed by atoms with Crippen molar-refractivity contribution in [2.45, 2.75) is 19.8 Å². The Morgan fingerprint density at radius 2 is 1.70 bits per heavy atom. The van der Waals surface area contributed by atoms with Gasteiger partial charge >= 0.3 is 5.69 Å². The van der Waals surface area contributed by atoms with Crippen LogP contribution in [0.25, 0.3) is 11.0 Å². The lowest BCUT2D eigenvalue weighted by atomic mass is 10.0. The molecule has 3 aromatic rings. The van der Waals surface area contributed by atoms with E-state index in [4.69, 9.17) is 5.73 Å². The summed E-state index contributed by atoms with van der Waals surface area (Å²) >= 11 is 0. The van der Waals surface area contributed by atoms with Crippen molar-refractivity contribution in [2.24, 2.45) is 7.05 Å². The highest BCUT2D eigenvalue weighted by Crippen LogP contribution is 2.19. The topological polar surface area (TPSA) is 70.0 Å². The van der Waals surface area contributed by atoms with E-state index in [1.54, 1.807) is 37.4 Å². The van der Waals surface area contributed by atoms with Crippen molar-refractivity contribution in [1.29, 1.82) is 0 Å². The third-order valence-electron chi connectivity index (χ3n) is 4.11. The Bertz CT molecular complexity index is 947. The molecule has 1 aromatic heterocycles. The number of fused-ring (bicyclic) bond motifs is 1. The van der Waals surface area contributed by atoms with Crippen LogP contribution in [-0.2, 0) is 7.05 Å². The number of rotatable bonds is 2. The number of aromatic nitrogens is 2. The van der Waals surface area contributed by atoms with Crippen LogP contribution in [0.1, 0.15) is 35.7 Å². The molecule has 0 aliphatic carbocycles. The SMILES string of the molecule is CC(C)c1ccc(C(=O)n2c(=O)n(C)c3ccc(N)cc32)cc1. The van der Waals surface area contributed by atoms with Gasteiger partial charge in [0.2, 0.25) is 0 Å². The maximum Gasteiger partial charge on any atom is 0.335 e. The van der Waals surface area contributed by atoms with Gasteiger partial charge in [0.05, 0.1) is 11.0 Å². The number of nitrogens with two attached hydrogens (primary N) is 1. The average Bonchev–Trinajstić information content (AvgIpc) is 2.77. The van der Waals surface area contributed by atoms with E-state index in [-0.39, 0.29) is 11.6 Å². The summed E-state index contributed by atoms with van der Waals surface area (Å²) in [5, 5.41) is 0. The van der Waals surface area contributed by atoms with E-state index in [0.717, 1.165) is 5.56 Å². The predicted octanol–water partition coefficient (Wildman–Crippen LogP) is 2.73. The quantitative estimate of drug-likeness (QED) is 0.740. The first kappa shape index (κ1) is 15.1. The zero-order valence-corrected chi connectivity index (χ0v) is 13.4. The summed E-state index contributed by atoms with van der Waals surface area (Å²) < 4.78 is 2.63. The van der Waals surface area contributed by atoms with E-state index in [0.29, 0.717) is 28.2 Å². The van der Waals surface area contributed by atoms with E-state index >= 15 is 0 Å². The Morgan fingerprint density at radius 3 is 2.30 bits per heavy atom. The van der Waals surface area contributed by atoms with E-state index in [1.807, 2.05) is 12.1 Å². The molecule has 5 nitrogen and oxygen atoms in total. The summed E-state index contributed by atoms with van der Waals surface area (Å²) in [6, 6.07) is 12.5. The van der Waals surface area contributed by atoms with Crippen LogP contribution in [0.5, 0.6) is 0 Å². The largest absolute Gasteiger partial charge is 0.399 e. The van der Waals surface area contributed by atoms with Crippen molar-refractivity contribution in [2.75, 3.05) is 5.73 Å². The molecule has 0 fully saturated rings. The minimum Gasteiger partial charge on any atom is -0.399 e. The third-order valence-corrected chi connectivity index (χ3v) is 4.11. The number of carbonyl (C=O) groups excluding carboxylic acids is 1. The van der Waals surface area contributed by atoms with Gasteiger partial charge in [0.1, 0.15) is 0 Å². The molecule has 0 saturated carbocycles. The zero-order valence-electron chi connectivity index (χ0n) is 13.4. The fourth-order valence-corrected chi connectivity index (χ4v) is 2.70. The second-order valence-electron chi connectivity index (χ2n) is 6.01. The fraction of sp³-hybridized carbons (Fsp3) is 0.222. The van der Waals surface area contributed by atoms with Crippen molar-refractivity contribution in [3.8, 4) is 0 Å². The van der Waals surface area contributed by atoms with Crippen LogP contribution in [0.3, 0.4) is 0 Å². The lowest BCUT2D eigenvalue weighted by Crippen LogP contribution is -2.28. The lowest BCUT2D eigenvalue weighted by molar-refractivity contribution is 0.0960. The number of aryl methyl sites for hydroxylation is 1. The smallest absolute Gasteiger partial charge is 0.335 e. The van der Waals surface area contributed by atoms with Gasteiger partial charge in [-0.25, -0.2) is 9.36 Å². The van der Waals surface area contributed by atoms with E-state index in [2.05, 4.69) is 13.8 Å². The standard InChI is InChI=1S/C18H19N3O2/c1-11(2)12-4-6-13(7-5-12)17(22)21-16-10-14(19)8-9-15(16)20(3)18(21)23/h4-11H,19H2,1-3H3. The predicted molar refractivity (Wildman–Crippen MR) is 91.9 cm³/mol. The molecule has 0 spiro atoms. The van der Waals surface area contributed by atoms with Gasteiger partial charge in [-0.2, -0.15) is 0 Å². The van der Waals surface area contributed by atoms with E-state index < -0.39 is 0 Å². The Morgan fingerprint density at radius 1 is 1.04 bits per heavy atom. The lowest BCUT2D eigenvalue weighted by Gasteiger charge is -2.07. The number of nitrogens with zero attached hydrogens (tertiary/aromatic N) is 2. The monoisotopic (exact) mass is 309 g/mol. The number of anilines is 1. The molecular weight excluding hydrogens is 290 g/mol. The number of imidazole rings is 1. The molecule has 0 aliphatic heterocycles. The second-order valence-corrected chi connectivity index (χ2v) is 6.01. The molecule has 0 atom stereocenters. The van der Waals surface area contributed by atoms with Crippen LogP contribution in [0.15, 0.2) is 47.3 Å². The molecule has 118 valence electrons. The highest BCUT2D eigenvalue weighted by atomic mass is 16.2. The highest BCUT2D eigenvalue weighted by Gasteiger charge is 2.18. The molecule has 5 heteroatoms. The first-order chi connectivity index (χ1) is 10.9. The van der Waals surface area contributed by atoms with Crippen molar-refractivity contribution in [3.05, 3.63) is 64.1 Å². The van der Waals surface area contributed by atoms with Crippen molar-refractivity contribution in [1.82, 2.24) is 9.13 Å². The van der Waals surface area contributed by atoms with E-state index in [9.17, 15) is 9.59 Å². The van der Waals surface area contributed by atoms with Gasteiger partial charge in [-0.3, -0.25) is 9.36 Å². The molecular formula is C18H19N3O2. The van der Waals surface area contributed by atoms with Gasteiger partial charge in [-0.05, 0) is 41.8 Å². The maximum absolute atomic E-state index is 12.8. The van der Waals surface area contributed by atoms with Gasteiger partial charge in [0.15, 0.2) is 0 Å². The molecule has 23 heavy (non-hydrogen) atoms. The van der Waals surface area contributed by atoms with Gasteiger partial charge in [0.25, 0.3) is 5.91 Å². The van der Waals surface area contributed by atoms with Crippen LogP contribution < -0.4 is 11.4 Å². The molecule has 0 radical (unpaired) electrons. The molecule has 0 aliphatic rings. The number of carbonyl (C=O) groups is 1. The minimum absolute atomic E-state index is 0.346. The number of nitrogen functional groups attached to an aromatic ring is 1. The normalized spacial score (nSPS) is 11.3. The summed E-state index contributed by atoms with van der Waals surface area (Å²) in [6.45, 7) is 4.18. The van der Waals surface area contributed by atoms with Crippen LogP contribution >= 0.6 is 0 Å². The first-order valence-corrected chi connectivity index (χ1v) is 7.51. The number of benzene rings is 2. The molecule has 2 N–H and O–H groups in total. The summed E-state index contributed by atoms with van der Waals surface area (Å²) in [7, 11) is 1.65. The summed E-state index contributed by atoms with van der Waals surface area (Å²) in [6.07, 6.45) is 0. The Labute approximate surface area is 134 Å². The van der Waals surface area contributed by atoms with Gasteiger partial charge in [-0.15, -0.1) is 0 Å². The Hall–Kier alpha value is -2.82. The Balaban J connectivity index is 2.16. The Kier molecular flexibility index (Phi) is 3.56. The van der Waals surface area contributed by atoms with Crippen LogP contribution in [-0.4, -0.2) is 15.0 Å². The summed E-state index contributed by atoms with van der Waals surface area (Å²) in [5.74, 6) is 0.0423. The van der Waals surface area contributed by atoms with Crippen LogP contribution in [0.2, 0.25) is 0 Å². The number of hydrogen-bond acceptors (Lipinski definition) is 3. The molecule has 0 unspecified atom stereocenters. The van der Waals surface area contributed by atoms with Gasteiger partial charge in [-0.1, -0.05) is 26.0 Å². The highest BCUT2D eigenvalue weighted by molar-refractivity contribution is 6.01. The molecule has 0 bridgehead atoms. The molecule has 0 saturated heterocycles. The summed E-state index contributed by atoms with van der Waals surface area (Å²) in [4.78, 5) is 25.2. The first-order valence-electron chi connectivity index (χ1n) is 7.51.